The van der Waals surface area contributed by atoms with Gasteiger partial charge in [-0.25, -0.2) is 14.3 Å². The van der Waals surface area contributed by atoms with Crippen LogP contribution in [0.2, 0.25) is 0 Å². The molecule has 1 unspecified atom stereocenters. The van der Waals surface area contributed by atoms with Crippen LogP contribution < -0.4 is 16.4 Å². The number of rotatable bonds is 4. The molecule has 1 aromatic carbocycles. The molecule has 0 spiro atoms. The predicted molar refractivity (Wildman–Crippen MR) is 98.1 cm³/mol. The standard InChI is InChI=1S/C17H20F4N4O2.ClH/c1-9(16(2)3-5-22-6-4-16)23-12-8-10(14-24-25-15(26)27-14)7-11(18)13(12)17(19,20)21;/h7-9,22-23H,3-6H2,1-2H3,(H,25,26);1H. The molecule has 0 radical (unpaired) electrons. The van der Waals surface area contributed by atoms with Crippen LogP contribution in [0.25, 0.3) is 11.5 Å². The van der Waals surface area contributed by atoms with Gasteiger partial charge in [0.1, 0.15) is 11.4 Å². The Morgan fingerprint density at radius 2 is 1.93 bits per heavy atom. The van der Waals surface area contributed by atoms with E-state index in [9.17, 15) is 22.4 Å². The zero-order valence-corrected chi connectivity index (χ0v) is 16.1. The van der Waals surface area contributed by atoms with Crippen molar-refractivity contribution in [3.63, 3.8) is 0 Å². The molecule has 0 saturated carbocycles. The van der Waals surface area contributed by atoms with Crippen LogP contribution in [0.3, 0.4) is 0 Å². The fourth-order valence-electron chi connectivity index (χ4n) is 3.32. The Kier molecular flexibility index (Phi) is 6.44. The number of hydrogen-bond donors (Lipinski definition) is 3. The van der Waals surface area contributed by atoms with Gasteiger partial charge in [-0.15, -0.1) is 17.5 Å². The van der Waals surface area contributed by atoms with E-state index < -0.39 is 29.0 Å². The van der Waals surface area contributed by atoms with Crippen molar-refractivity contribution < 1.29 is 22.0 Å². The van der Waals surface area contributed by atoms with Crippen molar-refractivity contribution in [2.45, 2.75) is 38.9 Å². The summed E-state index contributed by atoms with van der Waals surface area (Å²) in [4.78, 5) is 11.1. The molecule has 0 aliphatic carbocycles. The number of hydrogen-bond acceptors (Lipinski definition) is 5. The van der Waals surface area contributed by atoms with Gasteiger partial charge >= 0.3 is 11.9 Å². The second-order valence-electron chi connectivity index (χ2n) is 7.07. The van der Waals surface area contributed by atoms with Gasteiger partial charge in [0.15, 0.2) is 0 Å². The summed E-state index contributed by atoms with van der Waals surface area (Å²) >= 11 is 0. The summed E-state index contributed by atoms with van der Waals surface area (Å²) in [6.45, 7) is 5.30. The molecule has 1 atom stereocenters. The normalized spacial score (nSPS) is 17.6. The average Bonchev–Trinajstić information content (AvgIpc) is 3.00. The Balaban J connectivity index is 0.00000280. The van der Waals surface area contributed by atoms with E-state index in [0.29, 0.717) is 6.07 Å². The second kappa shape index (κ2) is 8.12. The van der Waals surface area contributed by atoms with Crippen LogP contribution in [-0.4, -0.2) is 29.3 Å². The van der Waals surface area contributed by atoms with Crippen molar-refractivity contribution in [3.8, 4) is 11.5 Å². The Morgan fingerprint density at radius 3 is 2.46 bits per heavy atom. The first-order chi connectivity index (χ1) is 12.6. The van der Waals surface area contributed by atoms with Gasteiger partial charge in [0.05, 0.1) is 5.69 Å². The van der Waals surface area contributed by atoms with Crippen LogP contribution in [0.15, 0.2) is 21.3 Å². The maximum atomic E-state index is 14.4. The van der Waals surface area contributed by atoms with E-state index in [1.807, 2.05) is 12.0 Å². The van der Waals surface area contributed by atoms with Crippen molar-refractivity contribution in [2.75, 3.05) is 18.4 Å². The topological polar surface area (TPSA) is 83.0 Å². The fourth-order valence-corrected chi connectivity index (χ4v) is 3.32. The number of aromatic nitrogens is 2. The van der Waals surface area contributed by atoms with E-state index >= 15 is 0 Å². The molecule has 3 N–H and O–H groups in total. The highest BCUT2D eigenvalue weighted by molar-refractivity contribution is 5.85. The Bertz CT molecular complexity index is 875. The predicted octanol–water partition coefficient (Wildman–Crippen LogP) is 3.80. The lowest BCUT2D eigenvalue weighted by atomic mass is 9.75. The molecule has 1 aromatic heterocycles. The molecule has 156 valence electrons. The number of H-pyrrole nitrogens is 1. The molecule has 1 saturated heterocycles. The van der Waals surface area contributed by atoms with Gasteiger partial charge in [-0.05, 0) is 50.4 Å². The molecule has 2 heterocycles. The number of nitrogens with one attached hydrogen (secondary N) is 3. The Hall–Kier alpha value is -2.07. The van der Waals surface area contributed by atoms with Crippen molar-refractivity contribution in [3.05, 3.63) is 34.1 Å². The van der Waals surface area contributed by atoms with Crippen LogP contribution in [0.1, 0.15) is 32.3 Å². The minimum atomic E-state index is -4.88. The monoisotopic (exact) mass is 424 g/mol. The molecule has 1 fully saturated rings. The highest BCUT2D eigenvalue weighted by Crippen LogP contribution is 2.41. The van der Waals surface area contributed by atoms with Gasteiger partial charge in [-0.3, -0.25) is 0 Å². The van der Waals surface area contributed by atoms with Crippen LogP contribution in [0.4, 0.5) is 23.2 Å². The third-order valence-corrected chi connectivity index (χ3v) is 5.22. The number of benzene rings is 1. The molecule has 2 aromatic rings. The molecule has 1 aliphatic rings. The largest absolute Gasteiger partial charge is 0.434 e. The second-order valence-corrected chi connectivity index (χ2v) is 7.07. The van der Waals surface area contributed by atoms with Crippen LogP contribution in [0.5, 0.6) is 0 Å². The Morgan fingerprint density at radius 1 is 1.29 bits per heavy atom. The first-order valence-corrected chi connectivity index (χ1v) is 8.54. The summed E-state index contributed by atoms with van der Waals surface area (Å²) in [6.07, 6.45) is -3.33. The Labute approximate surface area is 164 Å². The third-order valence-electron chi connectivity index (χ3n) is 5.22. The number of halogens is 5. The van der Waals surface area contributed by atoms with E-state index in [1.54, 1.807) is 6.92 Å². The number of aromatic amines is 1. The summed E-state index contributed by atoms with van der Waals surface area (Å²) in [5.41, 5.74) is -2.10. The van der Waals surface area contributed by atoms with Gasteiger partial charge in [0.25, 0.3) is 0 Å². The molecular weight excluding hydrogens is 404 g/mol. The quantitative estimate of drug-likeness (QED) is 0.650. The number of anilines is 1. The van der Waals surface area contributed by atoms with Gasteiger partial charge in [-0.2, -0.15) is 13.2 Å². The van der Waals surface area contributed by atoms with Crippen LogP contribution in [-0.2, 0) is 6.18 Å². The zero-order chi connectivity index (χ0) is 19.8. The molecule has 1 aliphatic heterocycles. The zero-order valence-electron chi connectivity index (χ0n) is 15.2. The first kappa shape index (κ1) is 22.2. The molecule has 6 nitrogen and oxygen atoms in total. The van der Waals surface area contributed by atoms with Crippen LogP contribution in [0, 0.1) is 11.2 Å². The molecule has 11 heteroatoms. The average molecular weight is 425 g/mol. The lowest BCUT2D eigenvalue weighted by Gasteiger charge is -2.40. The van der Waals surface area contributed by atoms with Crippen LogP contribution >= 0.6 is 12.4 Å². The third kappa shape index (κ3) is 4.49. The van der Waals surface area contributed by atoms with E-state index in [4.69, 9.17) is 4.42 Å². The summed E-state index contributed by atoms with van der Waals surface area (Å²) in [5, 5.41) is 11.6. The van der Waals surface area contributed by atoms with Crippen molar-refractivity contribution in [1.29, 1.82) is 0 Å². The first-order valence-electron chi connectivity index (χ1n) is 8.54. The van der Waals surface area contributed by atoms with Gasteiger partial charge in [0, 0.05) is 11.6 Å². The van der Waals surface area contributed by atoms with E-state index in [-0.39, 0.29) is 35.3 Å². The number of piperidine rings is 1. The number of nitrogens with zero attached hydrogens (tertiary/aromatic N) is 1. The van der Waals surface area contributed by atoms with Crippen molar-refractivity contribution in [1.82, 2.24) is 15.5 Å². The smallest absolute Gasteiger partial charge is 0.388 e. The summed E-state index contributed by atoms with van der Waals surface area (Å²) < 4.78 is 59.5. The van der Waals surface area contributed by atoms with E-state index in [0.717, 1.165) is 32.0 Å². The van der Waals surface area contributed by atoms with Gasteiger partial charge in [-0.1, -0.05) is 6.92 Å². The van der Waals surface area contributed by atoms with Crippen molar-refractivity contribution in [2.24, 2.45) is 5.41 Å². The molecule has 0 bridgehead atoms. The highest BCUT2D eigenvalue weighted by atomic mass is 35.5. The van der Waals surface area contributed by atoms with Gasteiger partial charge < -0.3 is 15.1 Å². The summed E-state index contributed by atoms with van der Waals surface area (Å²) in [7, 11) is 0. The highest BCUT2D eigenvalue weighted by Gasteiger charge is 2.40. The summed E-state index contributed by atoms with van der Waals surface area (Å²) in [5.74, 6) is -2.62. The number of alkyl halides is 3. The molecular formula is C17H21ClF4N4O2. The molecule has 3 rings (SSSR count). The van der Waals surface area contributed by atoms with E-state index in [1.165, 1.54) is 0 Å². The maximum Gasteiger partial charge on any atom is 0.434 e. The SMILES string of the molecule is CC(Nc1cc(-c2n[nH]c(=O)o2)cc(F)c1C(F)(F)F)C1(C)CCNCC1.Cl. The molecule has 0 amide bonds. The van der Waals surface area contributed by atoms with E-state index in [2.05, 4.69) is 15.7 Å². The van der Waals surface area contributed by atoms with Crippen molar-refractivity contribution >= 4 is 18.1 Å². The minimum Gasteiger partial charge on any atom is -0.388 e. The molecule has 28 heavy (non-hydrogen) atoms. The summed E-state index contributed by atoms with van der Waals surface area (Å²) in [6, 6.07) is 1.41. The maximum absolute atomic E-state index is 14.4. The fraction of sp³-hybridized carbons (Fsp3) is 0.529. The van der Waals surface area contributed by atoms with Gasteiger partial charge in [0.2, 0.25) is 5.89 Å². The lowest BCUT2D eigenvalue weighted by molar-refractivity contribution is -0.139. The lowest BCUT2D eigenvalue weighted by Crippen LogP contribution is -2.44. The minimum absolute atomic E-state index is 0.